The number of ether oxygens (including phenoxy) is 1. The Morgan fingerprint density at radius 3 is 2.50 bits per heavy atom. The van der Waals surface area contributed by atoms with Gasteiger partial charge in [-0.3, -0.25) is 19.1 Å². The molecule has 0 spiro atoms. The average Bonchev–Trinajstić information content (AvgIpc) is 2.63. The van der Waals surface area contributed by atoms with E-state index in [1.54, 1.807) is 31.4 Å². The Labute approximate surface area is 167 Å². The maximum absolute atomic E-state index is 13.1. The van der Waals surface area contributed by atoms with Crippen LogP contribution in [-0.4, -0.2) is 35.7 Å². The van der Waals surface area contributed by atoms with E-state index in [0.29, 0.717) is 30.2 Å². The van der Waals surface area contributed by atoms with Gasteiger partial charge in [0, 0.05) is 37.4 Å². The Kier molecular flexibility index (Phi) is 7.42. The van der Waals surface area contributed by atoms with E-state index in [0.717, 1.165) is 0 Å². The van der Waals surface area contributed by atoms with Crippen LogP contribution in [0.1, 0.15) is 30.6 Å². The summed E-state index contributed by atoms with van der Waals surface area (Å²) in [7, 11) is 1.55. The molecular weight excluding hydrogens is 384 g/mol. The Morgan fingerprint density at radius 2 is 1.93 bits per heavy atom. The predicted molar refractivity (Wildman–Crippen MR) is 110 cm³/mol. The fourth-order valence-corrected chi connectivity index (χ4v) is 2.94. The van der Waals surface area contributed by atoms with Crippen LogP contribution in [0.3, 0.4) is 0 Å². The molecule has 0 saturated carbocycles. The number of nitrogens with two attached hydrogens (primary N) is 1. The van der Waals surface area contributed by atoms with Crippen molar-refractivity contribution in [2.75, 3.05) is 30.9 Å². The van der Waals surface area contributed by atoms with E-state index in [4.69, 9.17) is 22.1 Å². The summed E-state index contributed by atoms with van der Waals surface area (Å²) in [4.78, 5) is 41.4. The summed E-state index contributed by atoms with van der Waals surface area (Å²) in [6.45, 7) is 4.75. The number of nitrogens with one attached hydrogen (secondary N) is 1. The molecule has 1 amide bonds. The van der Waals surface area contributed by atoms with E-state index >= 15 is 0 Å². The molecule has 0 saturated heterocycles. The first-order valence-corrected chi connectivity index (χ1v) is 9.33. The highest BCUT2D eigenvalue weighted by Gasteiger charge is 2.25. The Hall–Kier alpha value is -2.58. The van der Waals surface area contributed by atoms with Crippen LogP contribution in [0.25, 0.3) is 0 Å². The highest BCUT2D eigenvalue weighted by Crippen LogP contribution is 2.21. The molecule has 8 nitrogen and oxygen atoms in total. The highest BCUT2D eigenvalue weighted by atomic mass is 35.5. The van der Waals surface area contributed by atoms with Gasteiger partial charge in [-0.25, -0.2) is 4.79 Å². The third-order valence-corrected chi connectivity index (χ3v) is 4.35. The lowest BCUT2D eigenvalue weighted by Crippen LogP contribution is -2.42. The van der Waals surface area contributed by atoms with E-state index in [1.165, 1.54) is 9.47 Å². The van der Waals surface area contributed by atoms with Crippen molar-refractivity contribution in [3.05, 3.63) is 55.7 Å². The van der Waals surface area contributed by atoms with Crippen molar-refractivity contribution in [3.8, 4) is 0 Å². The van der Waals surface area contributed by atoms with Gasteiger partial charge in [-0.1, -0.05) is 25.4 Å². The van der Waals surface area contributed by atoms with Gasteiger partial charge in [0.2, 0.25) is 0 Å². The molecule has 1 aromatic carbocycles. The lowest BCUT2D eigenvalue weighted by Gasteiger charge is -2.25. The van der Waals surface area contributed by atoms with E-state index < -0.39 is 17.2 Å². The van der Waals surface area contributed by atoms with Crippen LogP contribution in [0.2, 0.25) is 5.02 Å². The van der Waals surface area contributed by atoms with Crippen molar-refractivity contribution >= 4 is 29.0 Å². The van der Waals surface area contributed by atoms with Crippen LogP contribution in [0.4, 0.5) is 11.5 Å². The van der Waals surface area contributed by atoms with Crippen LogP contribution < -0.4 is 21.9 Å². The number of aromatic amines is 1. The summed E-state index contributed by atoms with van der Waals surface area (Å²) in [6, 6.07) is 6.33. The van der Waals surface area contributed by atoms with Crippen molar-refractivity contribution in [3.63, 3.8) is 0 Å². The Bertz CT molecular complexity index is 934. The molecule has 9 heteroatoms. The molecule has 0 fully saturated rings. The number of carbonyl (C=O) groups excluding carboxylic acids is 1. The molecule has 0 bridgehead atoms. The average molecular weight is 409 g/mol. The molecule has 0 aliphatic carbocycles. The number of carbonyl (C=O) groups is 1. The molecular formula is C19H25ClN4O4. The monoisotopic (exact) mass is 408 g/mol. The molecule has 0 radical (unpaired) electrons. The van der Waals surface area contributed by atoms with Gasteiger partial charge in [0.25, 0.3) is 11.5 Å². The number of aromatic nitrogens is 2. The molecule has 152 valence electrons. The van der Waals surface area contributed by atoms with Gasteiger partial charge in [-0.15, -0.1) is 0 Å². The molecule has 1 aromatic heterocycles. The summed E-state index contributed by atoms with van der Waals surface area (Å²) in [6.07, 6.45) is 0.484. The zero-order valence-corrected chi connectivity index (χ0v) is 17.0. The summed E-state index contributed by atoms with van der Waals surface area (Å²) >= 11 is 5.90. The number of rotatable bonds is 8. The second-order valence-electron chi connectivity index (χ2n) is 6.81. The number of hydrogen-bond acceptors (Lipinski definition) is 5. The molecule has 0 unspecified atom stereocenters. The standard InChI is InChI=1S/C19H25ClN4O4/c1-12(2)11-24-16(21)15(17(25)22-19(24)27)23(9-4-10-28-3)18(26)13-5-7-14(20)8-6-13/h5-8,12H,4,9-11,21H2,1-3H3,(H,22,25,27). The van der Waals surface area contributed by atoms with E-state index in [1.807, 2.05) is 13.8 Å². The smallest absolute Gasteiger partial charge is 0.330 e. The fraction of sp³-hybridized carbons (Fsp3) is 0.421. The first-order valence-electron chi connectivity index (χ1n) is 8.95. The number of H-pyrrole nitrogens is 1. The largest absolute Gasteiger partial charge is 0.385 e. The number of benzene rings is 1. The predicted octanol–water partition coefficient (Wildman–Crippen LogP) is 2.11. The molecule has 28 heavy (non-hydrogen) atoms. The summed E-state index contributed by atoms with van der Waals surface area (Å²) in [5.74, 6) is -0.338. The topological polar surface area (TPSA) is 110 Å². The van der Waals surface area contributed by atoms with Gasteiger partial charge in [-0.05, 0) is 36.6 Å². The Balaban J connectivity index is 2.56. The first-order chi connectivity index (χ1) is 13.3. The SMILES string of the molecule is COCCCN(C(=O)c1ccc(Cl)cc1)c1c(N)n(CC(C)C)c(=O)[nH]c1=O. The Morgan fingerprint density at radius 1 is 1.29 bits per heavy atom. The van der Waals surface area contributed by atoms with Crippen LogP contribution in [-0.2, 0) is 11.3 Å². The van der Waals surface area contributed by atoms with Crippen molar-refractivity contribution in [1.29, 1.82) is 0 Å². The van der Waals surface area contributed by atoms with E-state index in [-0.39, 0.29) is 24.0 Å². The van der Waals surface area contributed by atoms with E-state index in [9.17, 15) is 14.4 Å². The molecule has 0 atom stereocenters. The van der Waals surface area contributed by atoms with Crippen LogP contribution in [0, 0.1) is 5.92 Å². The first kappa shape index (κ1) is 21.7. The maximum atomic E-state index is 13.1. The lowest BCUT2D eigenvalue weighted by molar-refractivity contribution is 0.0983. The number of nitrogens with zero attached hydrogens (tertiary/aromatic N) is 2. The van der Waals surface area contributed by atoms with Gasteiger partial charge >= 0.3 is 5.69 Å². The third kappa shape index (κ3) is 5.02. The number of nitrogen functional groups attached to an aromatic ring is 1. The molecule has 0 aliphatic heterocycles. The van der Waals surface area contributed by atoms with Gasteiger partial charge in [0.15, 0.2) is 5.69 Å². The van der Waals surface area contributed by atoms with Gasteiger partial charge in [0.05, 0.1) is 0 Å². The van der Waals surface area contributed by atoms with Crippen LogP contribution in [0.15, 0.2) is 33.9 Å². The summed E-state index contributed by atoms with van der Waals surface area (Å²) in [5.41, 5.74) is 5.17. The maximum Gasteiger partial charge on any atom is 0.330 e. The highest BCUT2D eigenvalue weighted by molar-refractivity contribution is 6.30. The van der Waals surface area contributed by atoms with Gasteiger partial charge in [0.1, 0.15) is 5.82 Å². The second kappa shape index (κ2) is 9.57. The molecule has 1 heterocycles. The summed E-state index contributed by atoms with van der Waals surface area (Å²) in [5, 5.41) is 0.491. The minimum Gasteiger partial charge on any atom is -0.385 e. The second-order valence-corrected chi connectivity index (χ2v) is 7.24. The normalized spacial score (nSPS) is 11.0. The minimum absolute atomic E-state index is 0.0396. The molecule has 0 aliphatic rings. The zero-order chi connectivity index (χ0) is 20.8. The fourth-order valence-electron chi connectivity index (χ4n) is 2.81. The lowest BCUT2D eigenvalue weighted by atomic mass is 10.1. The van der Waals surface area contributed by atoms with Gasteiger partial charge in [-0.2, -0.15) is 0 Å². The molecule has 3 N–H and O–H groups in total. The quantitative estimate of drug-likeness (QED) is 0.650. The van der Waals surface area contributed by atoms with Crippen molar-refractivity contribution in [1.82, 2.24) is 9.55 Å². The summed E-state index contributed by atoms with van der Waals surface area (Å²) < 4.78 is 6.34. The van der Waals surface area contributed by atoms with Crippen molar-refractivity contribution in [2.24, 2.45) is 5.92 Å². The number of halogens is 1. The van der Waals surface area contributed by atoms with Crippen LogP contribution in [0.5, 0.6) is 0 Å². The van der Waals surface area contributed by atoms with Gasteiger partial charge < -0.3 is 15.4 Å². The third-order valence-electron chi connectivity index (χ3n) is 4.10. The van der Waals surface area contributed by atoms with Crippen molar-refractivity contribution in [2.45, 2.75) is 26.8 Å². The van der Waals surface area contributed by atoms with E-state index in [2.05, 4.69) is 4.98 Å². The number of amides is 1. The van der Waals surface area contributed by atoms with Crippen LogP contribution >= 0.6 is 11.6 Å². The molecule has 2 aromatic rings. The number of methoxy groups -OCH3 is 1. The minimum atomic E-state index is -0.706. The zero-order valence-electron chi connectivity index (χ0n) is 16.2. The van der Waals surface area contributed by atoms with Crippen molar-refractivity contribution < 1.29 is 9.53 Å². The number of anilines is 2. The molecule has 2 rings (SSSR count). The number of hydrogen-bond donors (Lipinski definition) is 2.